The van der Waals surface area contributed by atoms with E-state index in [-0.39, 0.29) is 17.8 Å². The summed E-state index contributed by atoms with van der Waals surface area (Å²) in [6.07, 6.45) is 0. The van der Waals surface area contributed by atoms with E-state index >= 15 is 0 Å². The van der Waals surface area contributed by atoms with Crippen molar-refractivity contribution in [3.05, 3.63) is 48.0 Å². The first-order valence-electron chi connectivity index (χ1n) is 10.3. The van der Waals surface area contributed by atoms with Crippen LogP contribution in [0.4, 0.5) is 11.4 Å². The molecule has 168 valence electrons. The molecule has 1 unspecified atom stereocenters. The van der Waals surface area contributed by atoms with E-state index in [9.17, 15) is 14.4 Å². The number of carbonyl (C=O) groups is 3. The van der Waals surface area contributed by atoms with Crippen molar-refractivity contribution < 1.29 is 19.1 Å². The van der Waals surface area contributed by atoms with Crippen molar-refractivity contribution in [3.8, 4) is 0 Å². The van der Waals surface area contributed by atoms with Gasteiger partial charge in [-0.25, -0.2) is 9.78 Å². The number of imidazole rings is 1. The van der Waals surface area contributed by atoms with Gasteiger partial charge in [0.2, 0.25) is 11.8 Å². The van der Waals surface area contributed by atoms with Gasteiger partial charge in [0.1, 0.15) is 0 Å². The van der Waals surface area contributed by atoms with Gasteiger partial charge in [-0.1, -0.05) is 11.8 Å². The summed E-state index contributed by atoms with van der Waals surface area (Å²) in [6.45, 7) is 8.01. The van der Waals surface area contributed by atoms with E-state index in [1.807, 2.05) is 24.5 Å². The molecule has 0 saturated carbocycles. The number of aryl methyl sites for hydroxylation is 1. The number of carbonyl (C=O) groups excluding carboxylic acids is 3. The number of esters is 1. The fourth-order valence-electron chi connectivity index (χ4n) is 3.14. The first-order valence-corrected chi connectivity index (χ1v) is 11.2. The third kappa shape index (κ3) is 5.47. The smallest absolute Gasteiger partial charge is 0.338 e. The van der Waals surface area contributed by atoms with E-state index in [1.165, 1.54) is 18.7 Å². The first kappa shape index (κ1) is 23.3. The third-order valence-corrected chi connectivity index (χ3v) is 5.75. The summed E-state index contributed by atoms with van der Waals surface area (Å²) in [6, 6.07) is 12.2. The van der Waals surface area contributed by atoms with Gasteiger partial charge in [-0.05, 0) is 63.2 Å². The molecule has 0 spiro atoms. The number of nitrogens with zero attached hydrogens (tertiary/aromatic N) is 2. The largest absolute Gasteiger partial charge is 0.462 e. The summed E-state index contributed by atoms with van der Waals surface area (Å²) in [4.78, 5) is 40.5. The highest BCUT2D eigenvalue weighted by Crippen LogP contribution is 2.29. The van der Waals surface area contributed by atoms with Gasteiger partial charge in [0.15, 0.2) is 5.16 Å². The van der Waals surface area contributed by atoms with Gasteiger partial charge >= 0.3 is 5.97 Å². The van der Waals surface area contributed by atoms with Crippen LogP contribution in [0.1, 0.15) is 38.1 Å². The van der Waals surface area contributed by atoms with E-state index in [0.717, 1.165) is 5.52 Å². The van der Waals surface area contributed by atoms with E-state index in [4.69, 9.17) is 4.74 Å². The van der Waals surface area contributed by atoms with Gasteiger partial charge in [-0.15, -0.1) is 0 Å². The fourth-order valence-corrected chi connectivity index (χ4v) is 4.13. The van der Waals surface area contributed by atoms with Crippen LogP contribution in [0.2, 0.25) is 0 Å². The molecule has 3 aromatic rings. The lowest BCUT2D eigenvalue weighted by Crippen LogP contribution is -2.22. The van der Waals surface area contributed by atoms with Crippen molar-refractivity contribution in [1.82, 2.24) is 9.55 Å². The first-order chi connectivity index (χ1) is 15.3. The maximum Gasteiger partial charge on any atom is 0.338 e. The van der Waals surface area contributed by atoms with Crippen LogP contribution in [-0.2, 0) is 20.9 Å². The number of fused-ring (bicyclic) bond motifs is 1. The zero-order chi connectivity index (χ0) is 23.3. The highest BCUT2D eigenvalue weighted by atomic mass is 32.2. The summed E-state index contributed by atoms with van der Waals surface area (Å²) in [7, 11) is 0. The Hall–Kier alpha value is -3.33. The molecule has 3 rings (SSSR count). The Morgan fingerprint density at radius 2 is 1.72 bits per heavy atom. The lowest BCUT2D eigenvalue weighted by atomic mass is 10.2. The minimum atomic E-state index is -0.406. The molecule has 2 amide bonds. The Morgan fingerprint density at radius 3 is 2.31 bits per heavy atom. The number of ether oxygens (including phenoxy) is 1. The SMILES string of the molecule is CCOC(=O)c1ccc2c(c1)nc(SC(C)C(=O)Nc1ccc(NC(C)=O)cc1)n2CC. The summed E-state index contributed by atoms with van der Waals surface area (Å²) in [5, 5.41) is 5.86. The van der Waals surface area contributed by atoms with Crippen LogP contribution < -0.4 is 10.6 Å². The molecule has 0 radical (unpaired) electrons. The van der Waals surface area contributed by atoms with Crippen LogP contribution in [0.25, 0.3) is 11.0 Å². The number of aromatic nitrogens is 2. The third-order valence-electron chi connectivity index (χ3n) is 4.66. The van der Waals surface area contributed by atoms with Crippen LogP contribution in [0.15, 0.2) is 47.6 Å². The Kier molecular flexibility index (Phi) is 7.53. The minimum Gasteiger partial charge on any atom is -0.462 e. The lowest BCUT2D eigenvalue weighted by molar-refractivity contribution is -0.115. The average molecular weight is 455 g/mol. The van der Waals surface area contributed by atoms with Gasteiger partial charge in [0, 0.05) is 24.8 Å². The molecule has 1 aromatic heterocycles. The quantitative estimate of drug-likeness (QED) is 0.388. The summed E-state index contributed by atoms with van der Waals surface area (Å²) in [5.41, 5.74) is 3.33. The molecule has 9 heteroatoms. The highest BCUT2D eigenvalue weighted by Gasteiger charge is 2.20. The van der Waals surface area contributed by atoms with Crippen LogP contribution >= 0.6 is 11.8 Å². The predicted octanol–water partition coefficient (Wildman–Crippen LogP) is 4.31. The van der Waals surface area contributed by atoms with Crippen molar-refractivity contribution in [1.29, 1.82) is 0 Å². The molecule has 0 fully saturated rings. The van der Waals surface area contributed by atoms with Crippen molar-refractivity contribution in [2.24, 2.45) is 0 Å². The second kappa shape index (κ2) is 10.3. The van der Waals surface area contributed by atoms with E-state index < -0.39 is 5.25 Å². The van der Waals surface area contributed by atoms with Crippen molar-refractivity contribution >= 4 is 52.0 Å². The second-order valence-electron chi connectivity index (χ2n) is 7.07. The fraction of sp³-hybridized carbons (Fsp3) is 0.304. The highest BCUT2D eigenvalue weighted by molar-refractivity contribution is 8.00. The van der Waals surface area contributed by atoms with Crippen LogP contribution in [0, 0.1) is 0 Å². The number of thioether (sulfide) groups is 1. The predicted molar refractivity (Wildman–Crippen MR) is 126 cm³/mol. The number of rotatable bonds is 8. The molecule has 2 N–H and O–H groups in total. The molecule has 0 aliphatic rings. The molecule has 0 bridgehead atoms. The number of hydrogen-bond acceptors (Lipinski definition) is 6. The Morgan fingerprint density at radius 1 is 1.06 bits per heavy atom. The van der Waals surface area contributed by atoms with Gasteiger partial charge in [-0.2, -0.15) is 0 Å². The zero-order valence-corrected chi connectivity index (χ0v) is 19.3. The van der Waals surface area contributed by atoms with Crippen LogP contribution in [-0.4, -0.2) is 39.2 Å². The molecular formula is C23H26N4O4S. The standard InChI is InChI=1S/C23H26N4O4S/c1-5-27-20-12-7-16(22(30)31-6-2)13-19(20)26-23(27)32-14(3)21(29)25-18-10-8-17(9-11-18)24-15(4)28/h7-14H,5-6H2,1-4H3,(H,24,28)(H,25,29). The average Bonchev–Trinajstić information content (AvgIpc) is 3.10. The molecular weight excluding hydrogens is 428 g/mol. The second-order valence-corrected chi connectivity index (χ2v) is 8.38. The molecule has 0 saturated heterocycles. The van der Waals surface area contributed by atoms with Crippen LogP contribution in [0.5, 0.6) is 0 Å². The van der Waals surface area contributed by atoms with E-state index in [0.29, 0.717) is 40.8 Å². The monoisotopic (exact) mass is 454 g/mol. The van der Waals surface area contributed by atoms with Gasteiger partial charge in [0.05, 0.1) is 28.5 Å². The summed E-state index contributed by atoms with van der Waals surface area (Å²) in [5.74, 6) is -0.698. The number of hydrogen-bond donors (Lipinski definition) is 2. The number of benzene rings is 2. The topological polar surface area (TPSA) is 102 Å². The zero-order valence-electron chi connectivity index (χ0n) is 18.5. The summed E-state index contributed by atoms with van der Waals surface area (Å²) >= 11 is 1.35. The molecule has 32 heavy (non-hydrogen) atoms. The Labute approximate surface area is 190 Å². The van der Waals surface area contributed by atoms with Crippen molar-refractivity contribution in [2.45, 2.75) is 44.6 Å². The molecule has 2 aromatic carbocycles. The Bertz CT molecular complexity index is 1140. The lowest BCUT2D eigenvalue weighted by Gasteiger charge is -2.13. The van der Waals surface area contributed by atoms with E-state index in [2.05, 4.69) is 15.6 Å². The number of anilines is 2. The molecule has 1 heterocycles. The van der Waals surface area contributed by atoms with Crippen molar-refractivity contribution in [2.75, 3.05) is 17.2 Å². The van der Waals surface area contributed by atoms with Crippen LogP contribution in [0.3, 0.4) is 0 Å². The number of nitrogens with one attached hydrogen (secondary N) is 2. The minimum absolute atomic E-state index is 0.153. The Balaban J connectivity index is 1.73. The molecule has 1 atom stereocenters. The molecule has 0 aliphatic carbocycles. The molecule has 0 aliphatic heterocycles. The maximum absolute atomic E-state index is 12.7. The normalized spacial score (nSPS) is 11.8. The van der Waals surface area contributed by atoms with Gasteiger partial charge < -0.3 is 19.9 Å². The van der Waals surface area contributed by atoms with Gasteiger partial charge in [0.25, 0.3) is 0 Å². The van der Waals surface area contributed by atoms with Crippen molar-refractivity contribution in [3.63, 3.8) is 0 Å². The van der Waals surface area contributed by atoms with Gasteiger partial charge in [-0.3, -0.25) is 9.59 Å². The maximum atomic E-state index is 12.7. The molecule has 8 nitrogen and oxygen atoms in total. The van der Waals surface area contributed by atoms with E-state index in [1.54, 1.807) is 43.3 Å². The number of amides is 2. The summed E-state index contributed by atoms with van der Waals surface area (Å²) < 4.78 is 7.08.